The second-order valence-corrected chi connectivity index (χ2v) is 6.90. The summed E-state index contributed by atoms with van der Waals surface area (Å²) in [5.74, 6) is 1.15. The Balaban J connectivity index is 1.38. The molecule has 26 heavy (non-hydrogen) atoms. The highest BCUT2D eigenvalue weighted by atomic mass is 16.5. The molecule has 8 heteroatoms. The minimum absolute atomic E-state index is 0.0639. The molecule has 0 aliphatic carbocycles. The number of nitrogens with zero attached hydrogens (tertiary/aromatic N) is 3. The van der Waals surface area contributed by atoms with E-state index in [1.165, 1.54) is 6.33 Å². The minimum atomic E-state index is -0.442. The van der Waals surface area contributed by atoms with Gasteiger partial charge in [0, 0.05) is 25.2 Å². The number of carbonyl (C=O) groups excluding carboxylic acids is 1. The summed E-state index contributed by atoms with van der Waals surface area (Å²) in [6.45, 7) is 3.55. The molecule has 4 rings (SSSR count). The fourth-order valence-electron chi connectivity index (χ4n) is 3.62. The third-order valence-corrected chi connectivity index (χ3v) is 4.89. The van der Waals surface area contributed by atoms with Crippen molar-refractivity contribution < 1.29 is 14.3 Å². The molecule has 0 aromatic carbocycles. The fourth-order valence-corrected chi connectivity index (χ4v) is 3.62. The number of carbonyl (C=O) groups is 1. The van der Waals surface area contributed by atoms with E-state index >= 15 is 0 Å². The van der Waals surface area contributed by atoms with Crippen LogP contribution in [-0.4, -0.2) is 70.8 Å². The van der Waals surface area contributed by atoms with Crippen molar-refractivity contribution >= 4 is 11.7 Å². The summed E-state index contributed by atoms with van der Waals surface area (Å²) < 4.78 is 11.9. The lowest BCUT2D eigenvalue weighted by Gasteiger charge is -2.31. The van der Waals surface area contributed by atoms with Crippen molar-refractivity contribution in [3.63, 3.8) is 0 Å². The van der Waals surface area contributed by atoms with E-state index in [4.69, 9.17) is 9.47 Å². The lowest BCUT2D eigenvalue weighted by Crippen LogP contribution is -2.46. The van der Waals surface area contributed by atoms with Crippen molar-refractivity contribution in [2.45, 2.75) is 12.0 Å². The first kappa shape index (κ1) is 17.0. The number of ether oxygens (including phenoxy) is 2. The average molecular weight is 357 g/mol. The molecule has 0 saturated carbocycles. The zero-order chi connectivity index (χ0) is 17.8. The third-order valence-electron chi connectivity index (χ3n) is 4.89. The topological polar surface area (TPSA) is 92.4 Å². The Hall–Kier alpha value is -2.45. The molecule has 2 aromatic heterocycles. The first-order valence-corrected chi connectivity index (χ1v) is 8.88. The van der Waals surface area contributed by atoms with Gasteiger partial charge in [-0.2, -0.15) is 0 Å². The molecular weight excluding hydrogens is 334 g/mol. The van der Waals surface area contributed by atoms with Crippen molar-refractivity contribution in [2.75, 3.05) is 44.8 Å². The molecule has 2 saturated heterocycles. The van der Waals surface area contributed by atoms with E-state index in [1.807, 2.05) is 18.2 Å². The van der Waals surface area contributed by atoms with E-state index < -0.39 is 5.60 Å². The smallest absolute Gasteiger partial charge is 0.272 e. The summed E-state index contributed by atoms with van der Waals surface area (Å²) >= 11 is 0. The molecule has 138 valence electrons. The van der Waals surface area contributed by atoms with Crippen LogP contribution in [0.1, 0.15) is 16.9 Å². The highest BCUT2D eigenvalue weighted by Gasteiger charge is 2.44. The van der Waals surface area contributed by atoms with Crippen LogP contribution in [0.2, 0.25) is 0 Å². The average Bonchev–Trinajstić information content (AvgIpc) is 3.29. The molecule has 8 nitrogen and oxygen atoms in total. The summed E-state index contributed by atoms with van der Waals surface area (Å²) in [5.41, 5.74) is 0.0521. The second-order valence-electron chi connectivity index (χ2n) is 6.90. The van der Waals surface area contributed by atoms with Gasteiger partial charge in [-0.05, 0) is 18.6 Å². The van der Waals surface area contributed by atoms with Crippen LogP contribution < -0.4 is 5.32 Å². The molecule has 2 fully saturated rings. The molecule has 2 aliphatic heterocycles. The molecule has 1 spiro atoms. The third kappa shape index (κ3) is 3.71. The van der Waals surface area contributed by atoms with Gasteiger partial charge in [0.15, 0.2) is 0 Å². The van der Waals surface area contributed by atoms with Gasteiger partial charge in [0.25, 0.3) is 5.91 Å². The van der Waals surface area contributed by atoms with Crippen LogP contribution in [0.4, 0.5) is 5.82 Å². The number of aromatic amines is 1. The molecule has 0 radical (unpaired) electrons. The zero-order valence-electron chi connectivity index (χ0n) is 14.6. The Kier molecular flexibility index (Phi) is 4.85. The molecular formula is C18H23N5O3. The standard InChI is InChI=1S/C18H23N5O3/c24-17(15-9-19-13-22-15)23-5-6-25-12-18(11-23)7-14(10-26-18)8-21-16-3-1-2-4-20-16/h1-4,9,13-14H,5-8,10-12H2,(H,19,22)(H,20,21)/t14-,18+/m0/s1. The van der Waals surface area contributed by atoms with Crippen LogP contribution in [0.3, 0.4) is 0 Å². The van der Waals surface area contributed by atoms with Crippen LogP contribution >= 0.6 is 0 Å². The molecule has 1 amide bonds. The van der Waals surface area contributed by atoms with Crippen molar-refractivity contribution in [1.82, 2.24) is 19.9 Å². The first-order chi connectivity index (χ1) is 12.7. The number of imidazole rings is 1. The number of anilines is 1. The molecule has 4 heterocycles. The Morgan fingerprint density at radius 2 is 2.42 bits per heavy atom. The fraction of sp³-hybridized carbons (Fsp3) is 0.500. The summed E-state index contributed by atoms with van der Waals surface area (Å²) in [5, 5.41) is 3.35. The summed E-state index contributed by atoms with van der Waals surface area (Å²) in [7, 11) is 0. The van der Waals surface area contributed by atoms with Crippen LogP contribution in [0, 0.1) is 5.92 Å². The van der Waals surface area contributed by atoms with Crippen LogP contribution in [0.5, 0.6) is 0 Å². The SMILES string of the molecule is O=C(c1cnc[nH]1)N1CCOC[C@@]2(C[C@@H](CNc3ccccn3)CO2)C1. The number of hydrogen-bond donors (Lipinski definition) is 2. The van der Waals surface area contributed by atoms with E-state index in [0.717, 1.165) is 18.8 Å². The van der Waals surface area contributed by atoms with Gasteiger partial charge in [0.05, 0.1) is 38.9 Å². The van der Waals surface area contributed by atoms with Crippen LogP contribution in [0.25, 0.3) is 0 Å². The van der Waals surface area contributed by atoms with Gasteiger partial charge in [-0.25, -0.2) is 9.97 Å². The van der Waals surface area contributed by atoms with Crippen LogP contribution in [-0.2, 0) is 9.47 Å². The monoisotopic (exact) mass is 357 g/mol. The lowest BCUT2D eigenvalue weighted by molar-refractivity contribution is -0.0538. The Morgan fingerprint density at radius 1 is 1.46 bits per heavy atom. The van der Waals surface area contributed by atoms with Gasteiger partial charge < -0.3 is 24.7 Å². The maximum Gasteiger partial charge on any atom is 0.272 e. The first-order valence-electron chi connectivity index (χ1n) is 8.88. The van der Waals surface area contributed by atoms with E-state index in [1.54, 1.807) is 17.3 Å². The van der Waals surface area contributed by atoms with Gasteiger partial charge in [-0.15, -0.1) is 0 Å². The number of rotatable bonds is 4. The predicted octanol–water partition coefficient (Wildman–Crippen LogP) is 1.16. The normalized spacial score (nSPS) is 26.0. The number of H-pyrrole nitrogens is 1. The van der Waals surface area contributed by atoms with E-state index in [2.05, 4.69) is 20.3 Å². The Morgan fingerprint density at radius 3 is 3.23 bits per heavy atom. The lowest BCUT2D eigenvalue weighted by atomic mass is 9.94. The minimum Gasteiger partial charge on any atom is -0.377 e. The largest absolute Gasteiger partial charge is 0.377 e. The number of amides is 1. The van der Waals surface area contributed by atoms with E-state index in [0.29, 0.717) is 44.5 Å². The van der Waals surface area contributed by atoms with Crippen molar-refractivity contribution in [2.24, 2.45) is 5.92 Å². The summed E-state index contributed by atoms with van der Waals surface area (Å²) in [4.78, 5) is 25.6. The number of pyridine rings is 1. The summed E-state index contributed by atoms with van der Waals surface area (Å²) in [6, 6.07) is 5.80. The maximum absolute atomic E-state index is 12.7. The van der Waals surface area contributed by atoms with Gasteiger partial charge in [-0.3, -0.25) is 4.79 Å². The van der Waals surface area contributed by atoms with Crippen molar-refractivity contribution in [1.29, 1.82) is 0 Å². The number of aromatic nitrogens is 3. The van der Waals surface area contributed by atoms with Gasteiger partial charge in [0.1, 0.15) is 17.1 Å². The van der Waals surface area contributed by atoms with E-state index in [-0.39, 0.29) is 5.91 Å². The maximum atomic E-state index is 12.7. The highest BCUT2D eigenvalue weighted by Crippen LogP contribution is 2.33. The van der Waals surface area contributed by atoms with E-state index in [9.17, 15) is 4.79 Å². The van der Waals surface area contributed by atoms with Crippen LogP contribution in [0.15, 0.2) is 36.9 Å². The van der Waals surface area contributed by atoms with Crippen molar-refractivity contribution in [3.05, 3.63) is 42.6 Å². The quantitative estimate of drug-likeness (QED) is 0.853. The molecule has 0 bridgehead atoms. The Labute approximate surface area is 151 Å². The number of hydrogen-bond acceptors (Lipinski definition) is 6. The molecule has 0 unspecified atom stereocenters. The molecule has 2 N–H and O–H groups in total. The number of nitrogens with one attached hydrogen (secondary N) is 2. The molecule has 2 aromatic rings. The van der Waals surface area contributed by atoms with Gasteiger partial charge >= 0.3 is 0 Å². The molecule has 2 aliphatic rings. The second kappa shape index (κ2) is 7.43. The highest BCUT2D eigenvalue weighted by molar-refractivity contribution is 5.92. The zero-order valence-corrected chi connectivity index (χ0v) is 14.6. The Bertz CT molecular complexity index is 724. The van der Waals surface area contributed by atoms with Crippen molar-refractivity contribution in [3.8, 4) is 0 Å². The summed E-state index contributed by atoms with van der Waals surface area (Å²) in [6.07, 6.45) is 5.69. The van der Waals surface area contributed by atoms with Gasteiger partial charge in [0.2, 0.25) is 0 Å². The predicted molar refractivity (Wildman–Crippen MR) is 94.8 cm³/mol. The molecule has 2 atom stereocenters. The van der Waals surface area contributed by atoms with Gasteiger partial charge in [-0.1, -0.05) is 6.07 Å².